The number of amides is 2. The van der Waals surface area contributed by atoms with Gasteiger partial charge >= 0.3 is 6.03 Å². The average Bonchev–Trinajstić information content (AvgIpc) is 2.56. The minimum atomic E-state index is -0.00415. The first-order valence-corrected chi connectivity index (χ1v) is 8.90. The van der Waals surface area contributed by atoms with Gasteiger partial charge < -0.3 is 10.6 Å². The van der Waals surface area contributed by atoms with E-state index in [2.05, 4.69) is 34.9 Å². The van der Waals surface area contributed by atoms with Crippen LogP contribution in [0.2, 0.25) is 0 Å². The Labute approximate surface area is 134 Å². The van der Waals surface area contributed by atoms with Gasteiger partial charge in [0.05, 0.1) is 0 Å². The van der Waals surface area contributed by atoms with E-state index >= 15 is 0 Å². The van der Waals surface area contributed by atoms with Crippen molar-refractivity contribution in [2.75, 3.05) is 13.1 Å². The molecule has 1 fully saturated rings. The number of hydrogen-bond donors (Lipinski definition) is 2. The maximum Gasteiger partial charge on any atom is 0.314 e. The number of nitrogens with one attached hydrogen (secondary N) is 2. The molecule has 1 aromatic rings. The number of benzene rings is 1. The fraction of sp³-hybridized carbons (Fsp3) is 0.632. The van der Waals surface area contributed by atoms with Gasteiger partial charge in [0.2, 0.25) is 0 Å². The lowest BCUT2D eigenvalue weighted by Crippen LogP contribution is -2.37. The van der Waals surface area contributed by atoms with Gasteiger partial charge in [-0.15, -0.1) is 0 Å². The first-order valence-electron chi connectivity index (χ1n) is 8.90. The topological polar surface area (TPSA) is 41.1 Å². The molecule has 22 heavy (non-hydrogen) atoms. The van der Waals surface area contributed by atoms with Crippen molar-refractivity contribution in [3.63, 3.8) is 0 Å². The summed E-state index contributed by atoms with van der Waals surface area (Å²) in [6.45, 7) is 1.59. The van der Waals surface area contributed by atoms with Crippen LogP contribution < -0.4 is 10.6 Å². The number of rotatable bonds is 8. The van der Waals surface area contributed by atoms with Crippen molar-refractivity contribution in [1.29, 1.82) is 0 Å². The standard InChI is InChI=1S/C19H30N2O/c22-19(21-16-14-18-11-5-2-6-12-18)20-15-8-7-13-17-9-3-1-4-10-17/h1,3-4,9-10,18H,2,5-8,11-16H2,(H2,20,21,22). The smallest absolute Gasteiger partial charge is 0.314 e. The third-order valence-electron chi connectivity index (χ3n) is 4.58. The average molecular weight is 302 g/mol. The number of aryl methyl sites for hydroxylation is 1. The molecule has 0 spiro atoms. The fourth-order valence-electron chi connectivity index (χ4n) is 3.23. The van der Waals surface area contributed by atoms with E-state index in [9.17, 15) is 4.79 Å². The van der Waals surface area contributed by atoms with Crippen molar-refractivity contribution in [3.05, 3.63) is 35.9 Å². The van der Waals surface area contributed by atoms with Crippen LogP contribution in [0.5, 0.6) is 0 Å². The molecule has 0 aromatic heterocycles. The zero-order chi connectivity index (χ0) is 15.5. The second kappa shape index (κ2) is 10.3. The first-order chi connectivity index (χ1) is 10.8. The van der Waals surface area contributed by atoms with Gasteiger partial charge in [0.1, 0.15) is 0 Å². The Bertz CT molecular complexity index is 413. The Kier molecular flexibility index (Phi) is 7.86. The lowest BCUT2D eigenvalue weighted by atomic mass is 9.87. The molecular weight excluding hydrogens is 272 g/mol. The molecule has 2 rings (SSSR count). The molecule has 0 bridgehead atoms. The lowest BCUT2D eigenvalue weighted by molar-refractivity contribution is 0.238. The van der Waals surface area contributed by atoms with Gasteiger partial charge in [0.25, 0.3) is 0 Å². The summed E-state index contributed by atoms with van der Waals surface area (Å²) in [5, 5.41) is 5.95. The molecule has 122 valence electrons. The van der Waals surface area contributed by atoms with Gasteiger partial charge in [-0.05, 0) is 37.2 Å². The highest BCUT2D eigenvalue weighted by Crippen LogP contribution is 2.25. The molecular formula is C19H30N2O. The molecule has 0 saturated heterocycles. The third kappa shape index (κ3) is 6.97. The van der Waals surface area contributed by atoms with Crippen molar-refractivity contribution in [3.8, 4) is 0 Å². The number of urea groups is 1. The fourth-order valence-corrected chi connectivity index (χ4v) is 3.23. The van der Waals surface area contributed by atoms with E-state index < -0.39 is 0 Å². The van der Waals surface area contributed by atoms with E-state index in [0.717, 1.165) is 44.7 Å². The summed E-state index contributed by atoms with van der Waals surface area (Å²) in [4.78, 5) is 11.7. The van der Waals surface area contributed by atoms with Gasteiger partial charge in [-0.2, -0.15) is 0 Å². The Morgan fingerprint density at radius 3 is 2.45 bits per heavy atom. The number of hydrogen-bond acceptors (Lipinski definition) is 1. The van der Waals surface area contributed by atoms with E-state index in [1.54, 1.807) is 0 Å². The predicted octanol–water partition coefficient (Wildman–Crippen LogP) is 4.28. The first kappa shape index (κ1) is 16.9. The molecule has 2 amide bonds. The van der Waals surface area contributed by atoms with Crippen molar-refractivity contribution >= 4 is 6.03 Å². The van der Waals surface area contributed by atoms with Gasteiger partial charge in [0, 0.05) is 13.1 Å². The highest BCUT2D eigenvalue weighted by Gasteiger charge is 2.13. The van der Waals surface area contributed by atoms with Crippen LogP contribution in [0.25, 0.3) is 0 Å². The SMILES string of the molecule is O=C(NCCCCc1ccccc1)NCCC1CCCCC1. The number of unbranched alkanes of at least 4 members (excludes halogenated alkanes) is 1. The molecule has 1 aliphatic carbocycles. The monoisotopic (exact) mass is 302 g/mol. The zero-order valence-electron chi connectivity index (χ0n) is 13.7. The normalized spacial score (nSPS) is 15.5. The molecule has 1 saturated carbocycles. The number of carbonyl (C=O) groups is 1. The molecule has 3 nitrogen and oxygen atoms in total. The van der Waals surface area contributed by atoms with Gasteiger partial charge in [-0.25, -0.2) is 4.79 Å². The van der Waals surface area contributed by atoms with E-state index in [1.165, 1.54) is 37.7 Å². The summed E-state index contributed by atoms with van der Waals surface area (Å²) in [5.74, 6) is 0.833. The molecule has 0 unspecified atom stereocenters. The summed E-state index contributed by atoms with van der Waals surface area (Å²) >= 11 is 0. The summed E-state index contributed by atoms with van der Waals surface area (Å²) in [7, 11) is 0. The zero-order valence-corrected chi connectivity index (χ0v) is 13.7. The minimum Gasteiger partial charge on any atom is -0.338 e. The van der Waals surface area contributed by atoms with Crippen LogP contribution in [-0.4, -0.2) is 19.1 Å². The maximum absolute atomic E-state index is 11.7. The molecule has 0 radical (unpaired) electrons. The Morgan fingerprint density at radius 2 is 1.68 bits per heavy atom. The highest BCUT2D eigenvalue weighted by molar-refractivity contribution is 5.73. The van der Waals surface area contributed by atoms with Crippen LogP contribution in [0.3, 0.4) is 0 Å². The van der Waals surface area contributed by atoms with Crippen LogP contribution in [0.1, 0.15) is 56.9 Å². The molecule has 3 heteroatoms. The third-order valence-corrected chi connectivity index (χ3v) is 4.58. The number of carbonyl (C=O) groups excluding carboxylic acids is 1. The van der Waals surface area contributed by atoms with Crippen LogP contribution in [0.4, 0.5) is 4.79 Å². The molecule has 2 N–H and O–H groups in total. The Balaban J connectivity index is 1.44. The van der Waals surface area contributed by atoms with Crippen LogP contribution in [0.15, 0.2) is 30.3 Å². The van der Waals surface area contributed by atoms with Crippen molar-refractivity contribution in [1.82, 2.24) is 10.6 Å². The van der Waals surface area contributed by atoms with Crippen LogP contribution >= 0.6 is 0 Å². The summed E-state index contributed by atoms with van der Waals surface area (Å²) in [6, 6.07) is 10.5. The highest BCUT2D eigenvalue weighted by atomic mass is 16.2. The molecule has 1 aliphatic rings. The van der Waals surface area contributed by atoms with Crippen molar-refractivity contribution < 1.29 is 4.79 Å². The van der Waals surface area contributed by atoms with Gasteiger partial charge in [0.15, 0.2) is 0 Å². The Hall–Kier alpha value is -1.51. The lowest BCUT2D eigenvalue weighted by Gasteiger charge is -2.21. The van der Waals surface area contributed by atoms with Crippen molar-refractivity contribution in [2.24, 2.45) is 5.92 Å². The van der Waals surface area contributed by atoms with Crippen molar-refractivity contribution in [2.45, 2.75) is 57.8 Å². The van der Waals surface area contributed by atoms with E-state index in [0.29, 0.717) is 0 Å². The van der Waals surface area contributed by atoms with E-state index in [-0.39, 0.29) is 6.03 Å². The van der Waals surface area contributed by atoms with Crippen LogP contribution in [0, 0.1) is 5.92 Å². The maximum atomic E-state index is 11.7. The van der Waals surface area contributed by atoms with Crippen LogP contribution in [-0.2, 0) is 6.42 Å². The molecule has 1 aromatic carbocycles. The summed E-state index contributed by atoms with van der Waals surface area (Å²) in [5.41, 5.74) is 1.37. The Morgan fingerprint density at radius 1 is 0.955 bits per heavy atom. The summed E-state index contributed by atoms with van der Waals surface area (Å²) in [6.07, 6.45) is 11.2. The van der Waals surface area contributed by atoms with Gasteiger partial charge in [-0.1, -0.05) is 62.4 Å². The molecule has 0 aliphatic heterocycles. The quantitative estimate of drug-likeness (QED) is 0.691. The minimum absolute atomic E-state index is 0.00415. The predicted molar refractivity (Wildman–Crippen MR) is 92.0 cm³/mol. The summed E-state index contributed by atoms with van der Waals surface area (Å²) < 4.78 is 0. The second-order valence-corrected chi connectivity index (χ2v) is 6.42. The molecule has 0 heterocycles. The van der Waals surface area contributed by atoms with E-state index in [1.807, 2.05) is 6.07 Å². The van der Waals surface area contributed by atoms with Gasteiger partial charge in [-0.3, -0.25) is 0 Å². The second-order valence-electron chi connectivity index (χ2n) is 6.42. The largest absolute Gasteiger partial charge is 0.338 e. The molecule has 0 atom stereocenters. The van der Waals surface area contributed by atoms with E-state index in [4.69, 9.17) is 0 Å².